The van der Waals surface area contributed by atoms with Crippen LogP contribution in [-0.2, 0) is 6.42 Å². The number of thiophene rings is 1. The number of aromatic nitrogens is 2. The fourth-order valence-electron chi connectivity index (χ4n) is 1.25. The van der Waals surface area contributed by atoms with Gasteiger partial charge in [0, 0.05) is 23.8 Å². The number of halogens is 1. The van der Waals surface area contributed by atoms with E-state index in [2.05, 4.69) is 10.3 Å². The number of carbonyl (C=O) groups is 1. The van der Waals surface area contributed by atoms with Gasteiger partial charge in [-0.1, -0.05) is 11.6 Å². The lowest BCUT2D eigenvalue weighted by Gasteiger charge is -2.03. The van der Waals surface area contributed by atoms with E-state index in [0.29, 0.717) is 6.54 Å². The maximum Gasteiger partial charge on any atom is 0.326 e. The summed E-state index contributed by atoms with van der Waals surface area (Å²) < 4.78 is 2.18. The molecular formula is C10H10ClN3OS. The molecule has 0 radical (unpaired) electrons. The monoisotopic (exact) mass is 255 g/mol. The summed E-state index contributed by atoms with van der Waals surface area (Å²) in [4.78, 5) is 16.5. The zero-order valence-electron chi connectivity index (χ0n) is 8.39. The molecule has 0 bridgehead atoms. The summed E-state index contributed by atoms with van der Waals surface area (Å²) in [6, 6.07) is 3.66. The van der Waals surface area contributed by atoms with Crippen LogP contribution in [0, 0.1) is 0 Å². The largest absolute Gasteiger partial charge is 0.337 e. The van der Waals surface area contributed by atoms with Gasteiger partial charge in [0.15, 0.2) is 0 Å². The van der Waals surface area contributed by atoms with Crippen molar-refractivity contribution >= 4 is 29.0 Å². The molecule has 1 amide bonds. The third-order valence-corrected chi connectivity index (χ3v) is 3.31. The Kier molecular flexibility index (Phi) is 3.58. The lowest BCUT2D eigenvalue weighted by Crippen LogP contribution is -2.29. The van der Waals surface area contributed by atoms with Crippen LogP contribution in [0.5, 0.6) is 0 Å². The zero-order chi connectivity index (χ0) is 11.4. The molecule has 0 spiro atoms. The maximum atomic E-state index is 11.5. The summed E-state index contributed by atoms with van der Waals surface area (Å²) in [5.41, 5.74) is 0. The van der Waals surface area contributed by atoms with E-state index < -0.39 is 0 Å². The van der Waals surface area contributed by atoms with Crippen molar-refractivity contribution in [2.24, 2.45) is 0 Å². The molecule has 2 aromatic heterocycles. The maximum absolute atomic E-state index is 11.5. The molecule has 0 atom stereocenters. The van der Waals surface area contributed by atoms with Crippen molar-refractivity contribution < 1.29 is 4.79 Å². The average Bonchev–Trinajstić information content (AvgIpc) is 2.89. The van der Waals surface area contributed by atoms with Gasteiger partial charge in [0.2, 0.25) is 0 Å². The summed E-state index contributed by atoms with van der Waals surface area (Å²) in [5.74, 6) is 0. The molecule has 84 valence electrons. The third kappa shape index (κ3) is 2.84. The summed E-state index contributed by atoms with van der Waals surface area (Å²) in [5, 5.41) is 2.79. The fraction of sp³-hybridized carbons (Fsp3) is 0.200. The van der Waals surface area contributed by atoms with Gasteiger partial charge < -0.3 is 5.32 Å². The van der Waals surface area contributed by atoms with Crippen LogP contribution in [0.3, 0.4) is 0 Å². The molecule has 0 aliphatic rings. The van der Waals surface area contributed by atoms with Gasteiger partial charge in [0.25, 0.3) is 0 Å². The van der Waals surface area contributed by atoms with Gasteiger partial charge in [-0.15, -0.1) is 11.3 Å². The molecule has 0 saturated carbocycles. The van der Waals surface area contributed by atoms with E-state index in [-0.39, 0.29) is 6.03 Å². The van der Waals surface area contributed by atoms with Crippen molar-refractivity contribution in [3.8, 4) is 0 Å². The second-order valence-electron chi connectivity index (χ2n) is 3.16. The Morgan fingerprint density at radius 2 is 2.44 bits per heavy atom. The molecule has 4 nitrogen and oxygen atoms in total. The topological polar surface area (TPSA) is 46.9 Å². The van der Waals surface area contributed by atoms with Crippen LogP contribution in [0.4, 0.5) is 4.79 Å². The highest BCUT2D eigenvalue weighted by Crippen LogP contribution is 2.21. The highest BCUT2D eigenvalue weighted by Gasteiger charge is 2.03. The summed E-state index contributed by atoms with van der Waals surface area (Å²) in [7, 11) is 0. The Balaban J connectivity index is 1.78. The predicted molar refractivity (Wildman–Crippen MR) is 64.1 cm³/mol. The molecule has 2 heterocycles. The van der Waals surface area contributed by atoms with Crippen molar-refractivity contribution in [1.29, 1.82) is 0 Å². The standard InChI is InChI=1S/C10H10ClN3OS/c11-9-2-1-8(16-9)3-4-13-10(15)14-6-5-12-7-14/h1-2,5-7H,3-4H2,(H,13,15). The second-order valence-corrected chi connectivity index (χ2v) is 4.96. The quantitative estimate of drug-likeness (QED) is 0.916. The number of hydrogen-bond acceptors (Lipinski definition) is 3. The van der Waals surface area contributed by atoms with E-state index in [1.165, 1.54) is 22.2 Å². The van der Waals surface area contributed by atoms with Gasteiger partial charge in [0.1, 0.15) is 6.33 Å². The Morgan fingerprint density at radius 1 is 1.56 bits per heavy atom. The molecule has 0 aromatic carbocycles. The molecule has 0 unspecified atom stereocenters. The Labute approximate surface area is 102 Å². The van der Waals surface area contributed by atoms with Gasteiger partial charge in [-0.3, -0.25) is 4.57 Å². The minimum Gasteiger partial charge on any atom is -0.337 e. The summed E-state index contributed by atoms with van der Waals surface area (Å²) in [6.07, 6.45) is 5.44. The van der Waals surface area contributed by atoms with Gasteiger partial charge in [0.05, 0.1) is 4.34 Å². The van der Waals surface area contributed by atoms with Crippen LogP contribution in [0.15, 0.2) is 30.9 Å². The van der Waals surface area contributed by atoms with Crippen molar-refractivity contribution in [3.63, 3.8) is 0 Å². The molecule has 0 saturated heterocycles. The Hall–Kier alpha value is -1.33. The molecule has 2 aromatic rings. The Bertz CT molecular complexity index is 466. The van der Waals surface area contributed by atoms with E-state index in [9.17, 15) is 4.79 Å². The van der Waals surface area contributed by atoms with Crippen LogP contribution < -0.4 is 5.32 Å². The number of hydrogen-bond donors (Lipinski definition) is 1. The first-order valence-corrected chi connectivity index (χ1v) is 5.95. The number of imidazole rings is 1. The highest BCUT2D eigenvalue weighted by atomic mass is 35.5. The van der Waals surface area contributed by atoms with Gasteiger partial charge in [-0.2, -0.15) is 0 Å². The lowest BCUT2D eigenvalue weighted by atomic mass is 10.3. The van der Waals surface area contributed by atoms with E-state index in [1.54, 1.807) is 12.4 Å². The van der Waals surface area contributed by atoms with Gasteiger partial charge in [-0.25, -0.2) is 9.78 Å². The first kappa shape index (κ1) is 11.2. The first-order valence-electron chi connectivity index (χ1n) is 4.76. The van der Waals surface area contributed by atoms with Crippen molar-refractivity contribution in [3.05, 3.63) is 40.1 Å². The fourth-order valence-corrected chi connectivity index (χ4v) is 2.34. The molecule has 0 aliphatic carbocycles. The second kappa shape index (κ2) is 5.14. The first-order chi connectivity index (χ1) is 7.75. The van der Waals surface area contributed by atoms with Gasteiger partial charge in [-0.05, 0) is 18.6 Å². The van der Waals surface area contributed by atoms with E-state index >= 15 is 0 Å². The smallest absolute Gasteiger partial charge is 0.326 e. The van der Waals surface area contributed by atoms with Crippen molar-refractivity contribution in [2.45, 2.75) is 6.42 Å². The van der Waals surface area contributed by atoms with Crippen LogP contribution in [0.2, 0.25) is 4.34 Å². The molecule has 0 fully saturated rings. The highest BCUT2D eigenvalue weighted by molar-refractivity contribution is 7.16. The molecule has 2 rings (SSSR count). The van der Waals surface area contributed by atoms with Crippen molar-refractivity contribution in [1.82, 2.24) is 14.9 Å². The minimum absolute atomic E-state index is 0.167. The number of rotatable bonds is 3. The van der Waals surface area contributed by atoms with Crippen molar-refractivity contribution in [2.75, 3.05) is 6.54 Å². The van der Waals surface area contributed by atoms with E-state index in [0.717, 1.165) is 15.6 Å². The van der Waals surface area contributed by atoms with Crippen LogP contribution in [-0.4, -0.2) is 22.1 Å². The molecule has 0 aliphatic heterocycles. The minimum atomic E-state index is -0.167. The SMILES string of the molecule is O=C(NCCc1ccc(Cl)s1)n1ccnc1. The number of nitrogens with one attached hydrogen (secondary N) is 1. The van der Waals surface area contributed by atoms with Crippen LogP contribution in [0.1, 0.15) is 4.88 Å². The predicted octanol–water partition coefficient (Wildman–Crippen LogP) is 2.40. The molecule has 16 heavy (non-hydrogen) atoms. The normalized spacial score (nSPS) is 10.3. The van der Waals surface area contributed by atoms with Crippen LogP contribution >= 0.6 is 22.9 Å². The average molecular weight is 256 g/mol. The number of amides is 1. The zero-order valence-corrected chi connectivity index (χ0v) is 9.96. The lowest BCUT2D eigenvalue weighted by molar-refractivity contribution is 0.242. The number of carbonyl (C=O) groups excluding carboxylic acids is 1. The Morgan fingerprint density at radius 3 is 3.06 bits per heavy atom. The van der Waals surface area contributed by atoms with Crippen LogP contribution in [0.25, 0.3) is 0 Å². The van der Waals surface area contributed by atoms with E-state index in [1.807, 2.05) is 12.1 Å². The summed E-state index contributed by atoms with van der Waals surface area (Å²) >= 11 is 7.33. The molecular weight excluding hydrogens is 246 g/mol. The molecule has 6 heteroatoms. The van der Waals surface area contributed by atoms with E-state index in [4.69, 9.17) is 11.6 Å². The molecule has 1 N–H and O–H groups in total. The third-order valence-electron chi connectivity index (χ3n) is 2.02. The van der Waals surface area contributed by atoms with Gasteiger partial charge >= 0.3 is 6.03 Å². The number of nitrogens with zero attached hydrogens (tertiary/aromatic N) is 2. The summed E-state index contributed by atoms with van der Waals surface area (Å²) in [6.45, 7) is 0.591.